The fourth-order valence-corrected chi connectivity index (χ4v) is 5.54. The second-order valence-electron chi connectivity index (χ2n) is 13.7. The topological polar surface area (TPSA) is 76.2 Å². The third-order valence-electron chi connectivity index (χ3n) is 9.90. The minimum Gasteiger partial charge on any atom is -0.512 e. The van der Waals surface area contributed by atoms with E-state index in [9.17, 15) is 9.90 Å². The summed E-state index contributed by atoms with van der Waals surface area (Å²) in [4.78, 5) is 21.3. The van der Waals surface area contributed by atoms with Gasteiger partial charge in [0, 0.05) is 53.7 Å². The van der Waals surface area contributed by atoms with E-state index in [4.69, 9.17) is 4.42 Å². The molecule has 5 rings (SSSR count). The minimum atomic E-state index is -0.337. The Morgan fingerprint density at radius 2 is 1.45 bits per heavy atom. The number of carbonyl (C=O) groups is 1. The van der Waals surface area contributed by atoms with Crippen molar-refractivity contribution >= 4 is 27.5 Å². The molecule has 1 radical (unpaired) electrons. The number of ketones is 1. The van der Waals surface area contributed by atoms with Crippen LogP contribution in [0.4, 0.5) is 0 Å². The molecule has 5 nitrogen and oxygen atoms in total. The summed E-state index contributed by atoms with van der Waals surface area (Å²) in [6, 6.07) is 24.2. The van der Waals surface area contributed by atoms with E-state index in [1.807, 2.05) is 65.8 Å². The molecule has 2 aromatic heterocycles. The number of furan rings is 1. The molecule has 0 aliphatic heterocycles. The van der Waals surface area contributed by atoms with Crippen LogP contribution >= 0.6 is 0 Å². The van der Waals surface area contributed by atoms with Gasteiger partial charge in [-0.15, -0.1) is 29.1 Å². The van der Waals surface area contributed by atoms with Crippen molar-refractivity contribution in [3.05, 3.63) is 96.7 Å². The normalized spacial score (nSPS) is 12.4. The number of aliphatic hydroxyl groups excluding tert-OH is 1. The number of rotatable bonds is 9. The summed E-state index contributed by atoms with van der Waals surface area (Å²) in [6.45, 7) is 18.8. The second kappa shape index (κ2) is 15.5. The van der Waals surface area contributed by atoms with Crippen LogP contribution in [0.1, 0.15) is 93.6 Å². The Labute approximate surface area is 294 Å². The largest absolute Gasteiger partial charge is 0.512 e. The monoisotopic (exact) mass is 810 g/mol. The maximum atomic E-state index is 12.2. The molecule has 0 saturated carbocycles. The van der Waals surface area contributed by atoms with Crippen molar-refractivity contribution in [2.45, 2.75) is 93.4 Å². The summed E-state index contributed by atoms with van der Waals surface area (Å²) in [7, 11) is 0. The first-order chi connectivity index (χ1) is 21.8. The van der Waals surface area contributed by atoms with E-state index in [-0.39, 0.29) is 47.9 Å². The third kappa shape index (κ3) is 8.28. The first kappa shape index (κ1) is 37.9. The van der Waals surface area contributed by atoms with Crippen LogP contribution in [-0.2, 0) is 30.3 Å². The maximum absolute atomic E-state index is 12.2. The summed E-state index contributed by atoms with van der Waals surface area (Å²) >= 11 is 0. The van der Waals surface area contributed by atoms with Gasteiger partial charge in [0.05, 0.1) is 12.0 Å². The van der Waals surface area contributed by atoms with Crippen molar-refractivity contribution in [3.8, 4) is 22.5 Å². The molecule has 0 aliphatic carbocycles. The third-order valence-corrected chi connectivity index (χ3v) is 9.90. The van der Waals surface area contributed by atoms with Crippen LogP contribution in [0.2, 0.25) is 0 Å². The summed E-state index contributed by atoms with van der Waals surface area (Å²) in [6.07, 6.45) is 8.09. The molecule has 0 fully saturated rings. The Hall–Kier alpha value is -3.60. The number of fused-ring (bicyclic) bond motifs is 2. The molecule has 0 spiro atoms. The van der Waals surface area contributed by atoms with Gasteiger partial charge in [0.2, 0.25) is 0 Å². The summed E-state index contributed by atoms with van der Waals surface area (Å²) < 4.78 is 5.55. The van der Waals surface area contributed by atoms with E-state index in [1.54, 1.807) is 12.6 Å². The summed E-state index contributed by atoms with van der Waals surface area (Å²) in [5.74, 6) is 0.286. The standard InChI is InChI=1S/C26H21N2O.C15H28O2.Ir/c1-26(2,3)22-14-18(13-17-7-4-5-8-19(17)22)23-15-24(28-16-27-23)20-9-6-10-25-21(20)11-12-29-25;1-7-14(5,8-2)12(16)11-13(17)15(6,9-3)10-4;/h4-12,14-16H,1-3H3;11,16H,7-10H2,1-6H3;/q-1;;/b;12-11-;. The molecular formula is C41H49IrN2O3-. The molecule has 0 bridgehead atoms. The van der Waals surface area contributed by atoms with Crippen molar-refractivity contribution < 1.29 is 34.4 Å². The molecule has 0 atom stereocenters. The van der Waals surface area contributed by atoms with Crippen molar-refractivity contribution in [1.82, 2.24) is 9.97 Å². The van der Waals surface area contributed by atoms with Crippen LogP contribution in [0.5, 0.6) is 0 Å². The van der Waals surface area contributed by atoms with Gasteiger partial charge in [-0.3, -0.25) is 9.78 Å². The molecule has 0 unspecified atom stereocenters. The van der Waals surface area contributed by atoms with Crippen LogP contribution in [0.3, 0.4) is 0 Å². The first-order valence-electron chi connectivity index (χ1n) is 16.5. The van der Waals surface area contributed by atoms with Gasteiger partial charge in [0.1, 0.15) is 17.7 Å². The Kier molecular flexibility index (Phi) is 12.5. The van der Waals surface area contributed by atoms with Crippen LogP contribution in [0.25, 0.3) is 44.3 Å². The van der Waals surface area contributed by atoms with E-state index >= 15 is 0 Å². The number of nitrogens with zero attached hydrogens (tertiary/aromatic N) is 2. The SMILES string of the molecule is CC(C)(C)c1cc(-c2cc(-c3cccc4occc34)ncn2)[c-]c2ccccc12.CCC(C)(CC)C(=O)/C=C(\O)C(C)(CC)CC.[Ir]. The Morgan fingerprint density at radius 1 is 0.809 bits per heavy atom. The molecule has 5 aromatic rings. The fourth-order valence-electron chi connectivity index (χ4n) is 5.54. The van der Waals surface area contributed by atoms with Gasteiger partial charge in [0.25, 0.3) is 0 Å². The zero-order chi connectivity index (χ0) is 33.7. The molecule has 3 aromatic carbocycles. The van der Waals surface area contributed by atoms with Gasteiger partial charge < -0.3 is 9.52 Å². The number of aromatic nitrogens is 2. The van der Waals surface area contributed by atoms with Gasteiger partial charge >= 0.3 is 0 Å². The fraction of sp³-hybridized carbons (Fsp3) is 0.390. The number of hydrogen-bond acceptors (Lipinski definition) is 5. The van der Waals surface area contributed by atoms with Gasteiger partial charge in [0.15, 0.2) is 5.78 Å². The molecule has 0 aliphatic rings. The zero-order valence-corrected chi connectivity index (χ0v) is 31.7. The Balaban J connectivity index is 0.000000290. The van der Waals surface area contributed by atoms with Crippen molar-refractivity contribution in [1.29, 1.82) is 0 Å². The number of allylic oxidation sites excluding steroid dienone is 2. The molecular weight excluding hydrogens is 761 g/mol. The van der Waals surface area contributed by atoms with Gasteiger partial charge in [-0.25, -0.2) is 4.98 Å². The number of benzene rings is 3. The Bertz CT molecular complexity index is 1840. The van der Waals surface area contributed by atoms with Crippen molar-refractivity contribution in [2.24, 2.45) is 10.8 Å². The average Bonchev–Trinajstić information content (AvgIpc) is 3.56. The van der Waals surface area contributed by atoms with E-state index < -0.39 is 0 Å². The number of hydrogen-bond donors (Lipinski definition) is 1. The Morgan fingerprint density at radius 3 is 2.09 bits per heavy atom. The van der Waals surface area contributed by atoms with Crippen LogP contribution < -0.4 is 0 Å². The molecule has 0 amide bonds. The molecule has 251 valence electrons. The average molecular weight is 810 g/mol. The van der Waals surface area contributed by atoms with E-state index in [2.05, 4.69) is 73.2 Å². The van der Waals surface area contributed by atoms with Gasteiger partial charge in [-0.2, -0.15) is 0 Å². The van der Waals surface area contributed by atoms with E-state index in [0.717, 1.165) is 64.6 Å². The van der Waals surface area contributed by atoms with E-state index in [1.165, 1.54) is 17.0 Å². The smallest absolute Gasteiger partial charge is 0.164 e. The van der Waals surface area contributed by atoms with Crippen LogP contribution in [0.15, 0.2) is 89.5 Å². The predicted molar refractivity (Wildman–Crippen MR) is 191 cm³/mol. The predicted octanol–water partition coefficient (Wildman–Crippen LogP) is 11.5. The maximum Gasteiger partial charge on any atom is 0.164 e. The van der Waals surface area contributed by atoms with Crippen LogP contribution in [0, 0.1) is 16.9 Å². The minimum absolute atomic E-state index is 0. The summed E-state index contributed by atoms with van der Waals surface area (Å²) in [5.41, 5.74) is 5.32. The van der Waals surface area contributed by atoms with E-state index in [0.29, 0.717) is 0 Å². The number of aliphatic hydroxyl groups is 1. The quantitative estimate of drug-likeness (QED) is 0.0912. The van der Waals surface area contributed by atoms with Crippen LogP contribution in [-0.4, -0.2) is 20.9 Å². The van der Waals surface area contributed by atoms with Crippen molar-refractivity contribution in [3.63, 3.8) is 0 Å². The first-order valence-corrected chi connectivity index (χ1v) is 16.5. The molecule has 2 heterocycles. The second-order valence-corrected chi connectivity index (χ2v) is 13.7. The van der Waals surface area contributed by atoms with Gasteiger partial charge in [-0.05, 0) is 49.3 Å². The number of carbonyl (C=O) groups excluding carboxylic acids is 1. The van der Waals surface area contributed by atoms with Gasteiger partial charge in [-0.1, -0.05) is 104 Å². The molecule has 0 saturated heterocycles. The zero-order valence-electron chi connectivity index (χ0n) is 29.3. The molecule has 47 heavy (non-hydrogen) atoms. The van der Waals surface area contributed by atoms with Crippen molar-refractivity contribution in [2.75, 3.05) is 0 Å². The molecule has 6 heteroatoms. The summed E-state index contributed by atoms with van der Waals surface area (Å²) in [5, 5.41) is 13.5. The molecule has 1 N–H and O–H groups in total.